The summed E-state index contributed by atoms with van der Waals surface area (Å²) in [5, 5.41) is 20.5. The summed E-state index contributed by atoms with van der Waals surface area (Å²) in [7, 11) is 0. The van der Waals surface area contributed by atoms with Crippen LogP contribution in [0.25, 0.3) is 0 Å². The van der Waals surface area contributed by atoms with E-state index in [1.807, 2.05) is 0 Å². The summed E-state index contributed by atoms with van der Waals surface area (Å²) >= 11 is 6.09. The highest BCUT2D eigenvalue weighted by molar-refractivity contribution is 6.31. The van der Waals surface area contributed by atoms with E-state index < -0.39 is 30.4 Å². The van der Waals surface area contributed by atoms with Crippen LogP contribution in [-0.4, -0.2) is 45.2 Å². The van der Waals surface area contributed by atoms with Gasteiger partial charge in [0.25, 0.3) is 0 Å². The van der Waals surface area contributed by atoms with Gasteiger partial charge in [-0.3, -0.25) is 4.79 Å². The van der Waals surface area contributed by atoms with E-state index in [0.29, 0.717) is 5.02 Å². The Morgan fingerprint density at radius 1 is 1.26 bits per heavy atom. The summed E-state index contributed by atoms with van der Waals surface area (Å²) < 4.78 is 0. The molecule has 0 aliphatic heterocycles. The van der Waals surface area contributed by atoms with Crippen molar-refractivity contribution in [2.45, 2.75) is 37.9 Å². The first-order valence-corrected chi connectivity index (χ1v) is 7.51. The first kappa shape index (κ1) is 17.1. The minimum atomic E-state index is -1.47. The lowest BCUT2D eigenvalue weighted by Gasteiger charge is -2.25. The standard InChI is InChI=1S/C15H17ClN2O5/c16-11-4-2-1-3-9(11)8-18(10-5-6-10)15(23)17-12(14(21)22)7-13(19)20/h1-4,10,12H,5-8H2,(H,17,23)(H,19,20)(H,21,22). The number of urea groups is 1. The number of carbonyl (C=O) groups excluding carboxylic acids is 1. The van der Waals surface area contributed by atoms with Crippen LogP contribution >= 0.6 is 11.6 Å². The van der Waals surface area contributed by atoms with Crippen molar-refractivity contribution in [3.8, 4) is 0 Å². The van der Waals surface area contributed by atoms with E-state index in [1.165, 1.54) is 4.90 Å². The molecule has 0 aromatic heterocycles. The molecule has 1 saturated carbocycles. The molecular weight excluding hydrogens is 324 g/mol. The fourth-order valence-electron chi connectivity index (χ4n) is 2.17. The number of carbonyl (C=O) groups is 3. The molecule has 0 saturated heterocycles. The highest BCUT2D eigenvalue weighted by Gasteiger charge is 2.35. The molecule has 1 aromatic rings. The minimum absolute atomic E-state index is 0.0190. The van der Waals surface area contributed by atoms with Crippen LogP contribution in [-0.2, 0) is 16.1 Å². The Hall–Kier alpha value is -2.28. The van der Waals surface area contributed by atoms with Gasteiger partial charge in [0.1, 0.15) is 6.04 Å². The third-order valence-corrected chi connectivity index (χ3v) is 3.89. The Labute approximate surface area is 137 Å². The zero-order chi connectivity index (χ0) is 17.0. The molecule has 0 heterocycles. The van der Waals surface area contributed by atoms with Gasteiger partial charge in [0.15, 0.2) is 0 Å². The Balaban J connectivity index is 2.08. The second kappa shape index (κ2) is 7.32. The van der Waals surface area contributed by atoms with Crippen molar-refractivity contribution in [2.75, 3.05) is 0 Å². The van der Waals surface area contributed by atoms with E-state index in [1.54, 1.807) is 24.3 Å². The van der Waals surface area contributed by atoms with E-state index in [0.717, 1.165) is 18.4 Å². The van der Waals surface area contributed by atoms with Crippen LogP contribution in [0.2, 0.25) is 5.02 Å². The van der Waals surface area contributed by atoms with Crippen LogP contribution in [0.3, 0.4) is 0 Å². The number of rotatable bonds is 7. The van der Waals surface area contributed by atoms with Crippen LogP contribution in [0.4, 0.5) is 4.79 Å². The molecule has 1 unspecified atom stereocenters. The van der Waals surface area contributed by atoms with Crippen LogP contribution in [0.5, 0.6) is 0 Å². The molecule has 124 valence electrons. The Bertz CT molecular complexity index is 618. The summed E-state index contributed by atoms with van der Waals surface area (Å²) in [6.07, 6.45) is 0.981. The third-order valence-electron chi connectivity index (χ3n) is 3.52. The first-order valence-electron chi connectivity index (χ1n) is 7.13. The fourth-order valence-corrected chi connectivity index (χ4v) is 2.37. The zero-order valence-electron chi connectivity index (χ0n) is 12.2. The summed E-state index contributed by atoms with van der Waals surface area (Å²) in [5.74, 6) is -2.67. The summed E-state index contributed by atoms with van der Waals surface area (Å²) in [6, 6.07) is 5.04. The molecule has 1 aromatic carbocycles. The maximum atomic E-state index is 12.4. The van der Waals surface area contributed by atoms with Gasteiger partial charge in [0.05, 0.1) is 6.42 Å². The van der Waals surface area contributed by atoms with Gasteiger partial charge < -0.3 is 20.4 Å². The number of nitrogens with one attached hydrogen (secondary N) is 1. The lowest BCUT2D eigenvalue weighted by atomic mass is 10.2. The van der Waals surface area contributed by atoms with Gasteiger partial charge in [0, 0.05) is 17.6 Å². The number of halogens is 1. The number of amides is 2. The van der Waals surface area contributed by atoms with Crippen LogP contribution in [0.1, 0.15) is 24.8 Å². The zero-order valence-corrected chi connectivity index (χ0v) is 13.0. The second-order valence-electron chi connectivity index (χ2n) is 5.39. The van der Waals surface area contributed by atoms with Crippen molar-refractivity contribution in [2.24, 2.45) is 0 Å². The SMILES string of the molecule is O=C(O)CC(NC(=O)N(Cc1ccccc1Cl)C1CC1)C(=O)O. The number of benzene rings is 1. The fraction of sp³-hybridized carbons (Fsp3) is 0.400. The summed E-state index contributed by atoms with van der Waals surface area (Å²) in [5.41, 5.74) is 0.751. The van der Waals surface area contributed by atoms with Crippen LogP contribution in [0, 0.1) is 0 Å². The predicted octanol–water partition coefficient (Wildman–Crippen LogP) is 1.94. The largest absolute Gasteiger partial charge is 0.481 e. The molecule has 2 amide bonds. The topological polar surface area (TPSA) is 107 Å². The lowest BCUT2D eigenvalue weighted by Crippen LogP contribution is -2.49. The van der Waals surface area contributed by atoms with Crippen molar-refractivity contribution >= 4 is 29.6 Å². The quantitative estimate of drug-likeness (QED) is 0.703. The molecule has 7 nitrogen and oxygen atoms in total. The molecule has 1 fully saturated rings. The molecule has 0 radical (unpaired) electrons. The van der Waals surface area contributed by atoms with Gasteiger partial charge in [-0.15, -0.1) is 0 Å². The molecule has 2 rings (SSSR count). The number of aliphatic carboxylic acids is 2. The highest BCUT2D eigenvalue weighted by atomic mass is 35.5. The van der Waals surface area contributed by atoms with E-state index in [2.05, 4.69) is 5.32 Å². The number of hydrogen-bond donors (Lipinski definition) is 3. The van der Waals surface area contributed by atoms with Gasteiger partial charge in [-0.05, 0) is 24.5 Å². The van der Waals surface area contributed by atoms with Crippen molar-refractivity contribution in [3.63, 3.8) is 0 Å². The van der Waals surface area contributed by atoms with Crippen molar-refractivity contribution in [1.29, 1.82) is 0 Å². The normalized spacial score (nSPS) is 14.8. The molecule has 1 aliphatic carbocycles. The van der Waals surface area contributed by atoms with Gasteiger partial charge in [0.2, 0.25) is 0 Å². The van der Waals surface area contributed by atoms with Gasteiger partial charge >= 0.3 is 18.0 Å². The first-order chi connectivity index (χ1) is 10.9. The average Bonchev–Trinajstić information content (AvgIpc) is 3.29. The van der Waals surface area contributed by atoms with E-state index in [4.69, 9.17) is 21.8 Å². The molecular formula is C15H17ClN2O5. The molecule has 8 heteroatoms. The third kappa shape index (κ3) is 4.85. The maximum Gasteiger partial charge on any atom is 0.326 e. The van der Waals surface area contributed by atoms with Gasteiger partial charge in [-0.2, -0.15) is 0 Å². The van der Waals surface area contributed by atoms with Crippen molar-refractivity contribution in [1.82, 2.24) is 10.2 Å². The molecule has 1 atom stereocenters. The number of carboxylic acid groups (broad SMARTS) is 2. The minimum Gasteiger partial charge on any atom is -0.481 e. The molecule has 1 aliphatic rings. The van der Waals surface area contributed by atoms with E-state index >= 15 is 0 Å². The number of hydrogen-bond acceptors (Lipinski definition) is 3. The Morgan fingerprint density at radius 2 is 1.91 bits per heavy atom. The van der Waals surface area contributed by atoms with Crippen LogP contribution < -0.4 is 5.32 Å². The molecule has 0 bridgehead atoms. The monoisotopic (exact) mass is 340 g/mol. The Morgan fingerprint density at radius 3 is 2.43 bits per heavy atom. The maximum absolute atomic E-state index is 12.4. The smallest absolute Gasteiger partial charge is 0.326 e. The van der Waals surface area contributed by atoms with E-state index in [-0.39, 0.29) is 12.6 Å². The molecule has 23 heavy (non-hydrogen) atoms. The molecule has 0 spiro atoms. The summed E-state index contributed by atoms with van der Waals surface area (Å²) in [4.78, 5) is 35.6. The van der Waals surface area contributed by atoms with E-state index in [9.17, 15) is 14.4 Å². The highest BCUT2D eigenvalue weighted by Crippen LogP contribution is 2.29. The lowest BCUT2D eigenvalue weighted by molar-refractivity contribution is -0.145. The Kier molecular flexibility index (Phi) is 5.44. The number of nitrogens with zero attached hydrogens (tertiary/aromatic N) is 1. The predicted molar refractivity (Wildman–Crippen MR) is 82.2 cm³/mol. The van der Waals surface area contributed by atoms with Crippen molar-refractivity contribution < 1.29 is 24.6 Å². The van der Waals surface area contributed by atoms with Crippen molar-refractivity contribution in [3.05, 3.63) is 34.9 Å². The average molecular weight is 341 g/mol. The van der Waals surface area contributed by atoms with Gasteiger partial charge in [-0.25, -0.2) is 9.59 Å². The number of carboxylic acids is 2. The van der Waals surface area contributed by atoms with Gasteiger partial charge in [-0.1, -0.05) is 29.8 Å². The second-order valence-corrected chi connectivity index (χ2v) is 5.80. The van der Waals surface area contributed by atoms with Crippen LogP contribution in [0.15, 0.2) is 24.3 Å². The summed E-state index contributed by atoms with van der Waals surface area (Å²) in [6.45, 7) is 0.246. The molecule has 3 N–H and O–H groups in total.